The maximum Gasteiger partial charge on any atom is 0.280 e. The molecular weight excluding hydrogens is 378 g/mol. The Morgan fingerprint density at radius 1 is 1.13 bits per heavy atom. The molecule has 0 saturated carbocycles. The molecule has 1 N–H and O–H groups in total. The number of hydrogen-bond acceptors (Lipinski definition) is 2. The maximum atomic E-state index is 12.6. The van der Waals surface area contributed by atoms with Gasteiger partial charge in [0.15, 0.2) is 0 Å². The van der Waals surface area contributed by atoms with Crippen molar-refractivity contribution in [2.75, 3.05) is 0 Å². The van der Waals surface area contributed by atoms with Crippen LogP contribution in [0.1, 0.15) is 11.3 Å². The molecule has 4 nitrogen and oxygen atoms in total. The van der Waals surface area contributed by atoms with Gasteiger partial charge in [0.25, 0.3) is 5.56 Å². The number of hydrogen-bond donors (Lipinski definition) is 1. The Bertz CT molecular complexity index is 909. The van der Waals surface area contributed by atoms with Crippen LogP contribution >= 0.6 is 27.5 Å². The first-order valence-electron chi connectivity index (χ1n) is 6.92. The molecule has 0 radical (unpaired) electrons. The molecule has 0 saturated heterocycles. The Labute approximate surface area is 146 Å². The van der Waals surface area contributed by atoms with Crippen molar-refractivity contribution < 1.29 is 0 Å². The number of aliphatic imine (C=N–C) groups is 1. The van der Waals surface area contributed by atoms with E-state index in [0.717, 1.165) is 21.5 Å². The van der Waals surface area contributed by atoms with Gasteiger partial charge in [0, 0.05) is 21.4 Å². The normalized spacial score (nSPS) is 11.3. The summed E-state index contributed by atoms with van der Waals surface area (Å²) in [6.07, 6.45) is 1.59. The standard InChI is InChI=1S/C17H13BrClN3O/c1-11-16(10-20-14-6-2-12(18)3-7-14)17(23)22(21-11)15-8-4-13(19)5-9-15/h2-10,21H,1H3. The number of benzene rings is 2. The number of H-pyrrole nitrogens is 1. The molecule has 0 fully saturated rings. The highest BCUT2D eigenvalue weighted by Crippen LogP contribution is 2.17. The zero-order chi connectivity index (χ0) is 16.4. The lowest BCUT2D eigenvalue weighted by Crippen LogP contribution is -2.17. The van der Waals surface area contributed by atoms with Gasteiger partial charge in [-0.25, -0.2) is 4.68 Å². The van der Waals surface area contributed by atoms with Crippen molar-refractivity contribution in [3.05, 3.63) is 79.6 Å². The summed E-state index contributed by atoms with van der Waals surface area (Å²) in [7, 11) is 0. The minimum Gasteiger partial charge on any atom is -0.295 e. The Kier molecular flexibility index (Phi) is 4.50. The van der Waals surface area contributed by atoms with E-state index in [-0.39, 0.29) is 5.56 Å². The first kappa shape index (κ1) is 15.8. The number of halogens is 2. The van der Waals surface area contributed by atoms with Gasteiger partial charge < -0.3 is 0 Å². The molecule has 0 atom stereocenters. The summed E-state index contributed by atoms with van der Waals surface area (Å²) in [6.45, 7) is 1.84. The van der Waals surface area contributed by atoms with E-state index in [1.807, 2.05) is 31.2 Å². The average Bonchev–Trinajstić information content (AvgIpc) is 2.82. The predicted octanol–water partition coefficient (Wildman–Crippen LogP) is 4.64. The third-order valence-electron chi connectivity index (χ3n) is 3.37. The average molecular weight is 391 g/mol. The highest BCUT2D eigenvalue weighted by atomic mass is 79.9. The third-order valence-corrected chi connectivity index (χ3v) is 4.15. The van der Waals surface area contributed by atoms with Crippen molar-refractivity contribution in [2.45, 2.75) is 6.92 Å². The van der Waals surface area contributed by atoms with Crippen LogP contribution in [0.5, 0.6) is 0 Å². The number of nitrogens with one attached hydrogen (secondary N) is 1. The number of aryl methyl sites for hydroxylation is 1. The van der Waals surface area contributed by atoms with Crippen LogP contribution in [0.2, 0.25) is 5.02 Å². The van der Waals surface area contributed by atoms with Gasteiger partial charge in [0.05, 0.1) is 16.9 Å². The molecule has 0 amide bonds. The summed E-state index contributed by atoms with van der Waals surface area (Å²) < 4.78 is 2.47. The number of nitrogens with zero attached hydrogens (tertiary/aromatic N) is 2. The lowest BCUT2D eigenvalue weighted by Gasteiger charge is -2.00. The molecular formula is C17H13BrClN3O. The first-order valence-corrected chi connectivity index (χ1v) is 8.09. The van der Waals surface area contributed by atoms with Crippen LogP contribution < -0.4 is 5.56 Å². The molecule has 3 aromatic rings. The van der Waals surface area contributed by atoms with Crippen LogP contribution in [0, 0.1) is 6.92 Å². The van der Waals surface area contributed by atoms with Crippen molar-refractivity contribution >= 4 is 39.4 Å². The topological polar surface area (TPSA) is 50.1 Å². The molecule has 1 heterocycles. The lowest BCUT2D eigenvalue weighted by molar-refractivity contribution is 0.835. The fourth-order valence-corrected chi connectivity index (χ4v) is 2.54. The van der Waals surface area contributed by atoms with Gasteiger partial charge in [-0.3, -0.25) is 14.9 Å². The van der Waals surface area contributed by atoms with E-state index in [1.165, 1.54) is 4.68 Å². The summed E-state index contributed by atoms with van der Waals surface area (Å²) in [6, 6.07) is 14.6. The monoisotopic (exact) mass is 389 g/mol. The van der Waals surface area contributed by atoms with Gasteiger partial charge in [-0.15, -0.1) is 0 Å². The van der Waals surface area contributed by atoms with Crippen molar-refractivity contribution in [3.8, 4) is 5.69 Å². The molecule has 0 aliphatic rings. The number of rotatable bonds is 3. The van der Waals surface area contributed by atoms with E-state index in [0.29, 0.717) is 10.6 Å². The van der Waals surface area contributed by atoms with Gasteiger partial charge in [-0.1, -0.05) is 27.5 Å². The van der Waals surface area contributed by atoms with Crippen LogP contribution in [-0.4, -0.2) is 16.0 Å². The summed E-state index contributed by atoms with van der Waals surface area (Å²) in [5, 5.41) is 3.68. The highest BCUT2D eigenvalue weighted by Gasteiger charge is 2.10. The van der Waals surface area contributed by atoms with Crippen molar-refractivity contribution in [2.24, 2.45) is 4.99 Å². The van der Waals surface area contributed by atoms with Gasteiger partial charge in [-0.05, 0) is 55.5 Å². The zero-order valence-electron chi connectivity index (χ0n) is 12.3. The number of aromatic amines is 1. The van der Waals surface area contributed by atoms with Crippen molar-refractivity contribution in [1.82, 2.24) is 9.78 Å². The van der Waals surface area contributed by atoms with Crippen LogP contribution in [0.15, 0.2) is 62.8 Å². The molecule has 0 bridgehead atoms. The van der Waals surface area contributed by atoms with E-state index in [4.69, 9.17) is 11.6 Å². The Balaban J connectivity index is 1.96. The molecule has 116 valence electrons. The molecule has 0 aliphatic carbocycles. The summed E-state index contributed by atoms with van der Waals surface area (Å²) in [4.78, 5) is 16.9. The van der Waals surface area contributed by atoms with Crippen molar-refractivity contribution in [3.63, 3.8) is 0 Å². The summed E-state index contributed by atoms with van der Waals surface area (Å²) in [5.74, 6) is 0. The molecule has 1 aromatic heterocycles. The largest absolute Gasteiger partial charge is 0.295 e. The van der Waals surface area contributed by atoms with Crippen LogP contribution in [0.3, 0.4) is 0 Å². The van der Waals surface area contributed by atoms with Crippen LogP contribution in [0.25, 0.3) is 5.69 Å². The predicted molar refractivity (Wildman–Crippen MR) is 97.5 cm³/mol. The molecule has 3 rings (SSSR count). The lowest BCUT2D eigenvalue weighted by atomic mass is 10.2. The second-order valence-corrected chi connectivity index (χ2v) is 6.35. The van der Waals surface area contributed by atoms with E-state index >= 15 is 0 Å². The molecule has 23 heavy (non-hydrogen) atoms. The van der Waals surface area contributed by atoms with E-state index in [9.17, 15) is 4.79 Å². The zero-order valence-corrected chi connectivity index (χ0v) is 14.6. The third kappa shape index (κ3) is 3.46. The fourth-order valence-electron chi connectivity index (χ4n) is 2.15. The minimum atomic E-state index is -0.148. The molecule has 2 aromatic carbocycles. The SMILES string of the molecule is Cc1[nH]n(-c2ccc(Cl)cc2)c(=O)c1C=Nc1ccc(Br)cc1. The van der Waals surface area contributed by atoms with E-state index in [2.05, 4.69) is 26.0 Å². The van der Waals surface area contributed by atoms with E-state index < -0.39 is 0 Å². The summed E-state index contributed by atoms with van der Waals surface area (Å²) >= 11 is 9.26. The highest BCUT2D eigenvalue weighted by molar-refractivity contribution is 9.10. The van der Waals surface area contributed by atoms with Gasteiger partial charge in [0.2, 0.25) is 0 Å². The van der Waals surface area contributed by atoms with Gasteiger partial charge in [0.1, 0.15) is 0 Å². The minimum absolute atomic E-state index is 0.148. The van der Waals surface area contributed by atoms with Gasteiger partial charge >= 0.3 is 0 Å². The molecule has 0 unspecified atom stereocenters. The smallest absolute Gasteiger partial charge is 0.280 e. The quantitative estimate of drug-likeness (QED) is 0.651. The Morgan fingerprint density at radius 2 is 1.78 bits per heavy atom. The maximum absolute atomic E-state index is 12.6. The van der Waals surface area contributed by atoms with E-state index in [1.54, 1.807) is 30.5 Å². The second kappa shape index (κ2) is 6.56. The Hall–Kier alpha value is -2.11. The number of aromatic nitrogens is 2. The first-order chi connectivity index (χ1) is 11.0. The molecule has 0 aliphatic heterocycles. The Morgan fingerprint density at radius 3 is 2.43 bits per heavy atom. The summed E-state index contributed by atoms with van der Waals surface area (Å²) in [5.41, 5.74) is 2.65. The molecule has 0 spiro atoms. The van der Waals surface area contributed by atoms with Gasteiger partial charge in [-0.2, -0.15) is 0 Å². The fraction of sp³-hybridized carbons (Fsp3) is 0.0588. The van der Waals surface area contributed by atoms with Crippen molar-refractivity contribution in [1.29, 1.82) is 0 Å². The van der Waals surface area contributed by atoms with Crippen LogP contribution in [-0.2, 0) is 0 Å². The molecule has 6 heteroatoms. The second-order valence-electron chi connectivity index (χ2n) is 5.00. The van der Waals surface area contributed by atoms with Crippen LogP contribution in [0.4, 0.5) is 5.69 Å².